The van der Waals surface area contributed by atoms with Crippen LogP contribution in [-0.4, -0.2) is 55.8 Å². The Kier molecular flexibility index (Phi) is 4.40. The summed E-state index contributed by atoms with van der Waals surface area (Å²) in [6, 6.07) is -0.960. The largest absolute Gasteiger partial charge is 0.465 e. The van der Waals surface area contributed by atoms with Crippen LogP contribution in [0.4, 0.5) is 13.6 Å². The fourth-order valence-electron chi connectivity index (χ4n) is 2.29. The van der Waals surface area contributed by atoms with Crippen molar-refractivity contribution in [1.82, 2.24) is 9.62 Å². The highest BCUT2D eigenvalue weighted by atomic mass is 32.2. The van der Waals surface area contributed by atoms with Crippen LogP contribution in [0.25, 0.3) is 0 Å². The zero-order chi connectivity index (χ0) is 15.0. The first-order valence-electron chi connectivity index (χ1n) is 5.78. The number of nitrogens with one attached hydrogen (secondary N) is 1. The molecular formula is C10H18F2N2O4S. The maximum absolute atomic E-state index is 14.1. The number of carbonyl (C=O) groups is 1. The zero-order valence-corrected chi connectivity index (χ0v) is 11.7. The molecule has 1 fully saturated rings. The Bertz CT molecular complexity index is 454. The molecule has 1 aliphatic rings. The summed E-state index contributed by atoms with van der Waals surface area (Å²) in [4.78, 5) is 11.9. The number of hydrogen-bond acceptors (Lipinski definition) is 3. The van der Waals surface area contributed by atoms with Crippen LogP contribution in [-0.2, 0) is 10.0 Å². The summed E-state index contributed by atoms with van der Waals surface area (Å²) in [5.41, 5.74) is 0. The van der Waals surface area contributed by atoms with Crippen molar-refractivity contribution >= 4 is 16.1 Å². The summed E-state index contributed by atoms with van der Waals surface area (Å²) in [7, 11) is -3.60. The molecule has 0 spiro atoms. The van der Waals surface area contributed by atoms with Gasteiger partial charge in [0.05, 0.1) is 12.2 Å². The highest BCUT2D eigenvalue weighted by Gasteiger charge is 2.54. The standard InChI is InChI=1S/C10H18F2N2O4S/c1-6-5-14(9(15)16)7(2)8(10(6,11)12)4-13-19(3,17)18/h6-8,13H,4-5H2,1-3H3,(H,15,16). The van der Waals surface area contributed by atoms with Crippen LogP contribution in [0.3, 0.4) is 0 Å². The molecule has 2 N–H and O–H groups in total. The van der Waals surface area contributed by atoms with Gasteiger partial charge in [-0.25, -0.2) is 26.7 Å². The number of carboxylic acid groups (broad SMARTS) is 1. The molecule has 0 bridgehead atoms. The Morgan fingerprint density at radius 3 is 2.42 bits per heavy atom. The van der Waals surface area contributed by atoms with Crippen LogP contribution >= 0.6 is 0 Å². The van der Waals surface area contributed by atoms with Crippen molar-refractivity contribution in [1.29, 1.82) is 0 Å². The van der Waals surface area contributed by atoms with Crippen molar-refractivity contribution in [3.63, 3.8) is 0 Å². The molecule has 3 unspecified atom stereocenters. The third-order valence-corrected chi connectivity index (χ3v) is 4.20. The molecule has 1 rings (SSSR count). The lowest BCUT2D eigenvalue weighted by molar-refractivity contribution is -0.154. The van der Waals surface area contributed by atoms with E-state index in [0.29, 0.717) is 0 Å². The van der Waals surface area contributed by atoms with Gasteiger partial charge in [-0.05, 0) is 6.92 Å². The molecule has 0 aromatic heterocycles. The summed E-state index contributed by atoms with van der Waals surface area (Å²) in [5, 5.41) is 8.98. The monoisotopic (exact) mass is 300 g/mol. The van der Waals surface area contributed by atoms with E-state index in [-0.39, 0.29) is 6.54 Å². The predicted octanol–water partition coefficient (Wildman–Crippen LogP) is 0.805. The first-order valence-corrected chi connectivity index (χ1v) is 7.68. The first kappa shape index (κ1) is 16.1. The van der Waals surface area contributed by atoms with Gasteiger partial charge in [-0.3, -0.25) is 0 Å². The summed E-state index contributed by atoms with van der Waals surface area (Å²) < 4.78 is 52.2. The minimum atomic E-state index is -3.60. The molecular weight excluding hydrogens is 282 g/mol. The van der Waals surface area contributed by atoms with E-state index in [0.717, 1.165) is 11.2 Å². The average molecular weight is 300 g/mol. The van der Waals surface area contributed by atoms with Gasteiger partial charge >= 0.3 is 6.09 Å². The average Bonchev–Trinajstić information content (AvgIpc) is 2.21. The van der Waals surface area contributed by atoms with Gasteiger partial charge < -0.3 is 10.0 Å². The van der Waals surface area contributed by atoms with Crippen molar-refractivity contribution in [2.24, 2.45) is 11.8 Å². The summed E-state index contributed by atoms with van der Waals surface area (Å²) in [6.07, 6.45) is -0.406. The molecule has 1 heterocycles. The van der Waals surface area contributed by atoms with Gasteiger partial charge in [0.2, 0.25) is 10.0 Å². The Labute approximate surface area is 110 Å². The lowest BCUT2D eigenvalue weighted by atomic mass is 9.81. The van der Waals surface area contributed by atoms with E-state index in [1.165, 1.54) is 13.8 Å². The second kappa shape index (κ2) is 5.20. The number of likely N-dealkylation sites (tertiary alicyclic amines) is 1. The van der Waals surface area contributed by atoms with Crippen LogP contribution in [0.15, 0.2) is 0 Å². The van der Waals surface area contributed by atoms with E-state index >= 15 is 0 Å². The lowest BCUT2D eigenvalue weighted by Gasteiger charge is -2.46. The Hall–Kier alpha value is -0.960. The topological polar surface area (TPSA) is 86.7 Å². The maximum atomic E-state index is 14.1. The van der Waals surface area contributed by atoms with Gasteiger partial charge in [0, 0.05) is 25.0 Å². The van der Waals surface area contributed by atoms with Crippen LogP contribution in [0, 0.1) is 11.8 Å². The number of alkyl halides is 2. The highest BCUT2D eigenvalue weighted by molar-refractivity contribution is 7.88. The third-order valence-electron chi connectivity index (χ3n) is 3.51. The number of rotatable bonds is 3. The number of piperidine rings is 1. The quantitative estimate of drug-likeness (QED) is 0.807. The van der Waals surface area contributed by atoms with E-state index in [2.05, 4.69) is 0 Å². The fraction of sp³-hybridized carbons (Fsp3) is 0.900. The molecule has 0 aliphatic carbocycles. The molecule has 9 heteroatoms. The molecule has 0 aromatic rings. The van der Waals surface area contributed by atoms with Gasteiger partial charge in [-0.15, -0.1) is 0 Å². The Balaban J connectivity index is 2.97. The number of amides is 1. The van der Waals surface area contributed by atoms with Crippen LogP contribution < -0.4 is 4.72 Å². The van der Waals surface area contributed by atoms with Gasteiger partial charge in [0.25, 0.3) is 5.92 Å². The molecule has 0 saturated carbocycles. The van der Waals surface area contributed by atoms with Gasteiger partial charge in [-0.1, -0.05) is 6.92 Å². The smallest absolute Gasteiger partial charge is 0.407 e. The first-order chi connectivity index (χ1) is 8.47. The second-order valence-corrected chi connectivity index (χ2v) is 6.81. The van der Waals surface area contributed by atoms with Crippen LogP contribution in [0.5, 0.6) is 0 Å². The number of nitrogens with zero attached hydrogens (tertiary/aromatic N) is 1. The molecule has 6 nitrogen and oxygen atoms in total. The van der Waals surface area contributed by atoms with Crippen molar-refractivity contribution < 1.29 is 27.1 Å². The van der Waals surface area contributed by atoms with E-state index in [1.54, 1.807) is 0 Å². The summed E-state index contributed by atoms with van der Waals surface area (Å²) >= 11 is 0. The van der Waals surface area contributed by atoms with Crippen molar-refractivity contribution in [3.05, 3.63) is 0 Å². The normalized spacial score (nSPS) is 31.2. The number of hydrogen-bond donors (Lipinski definition) is 2. The number of halogens is 2. The molecule has 19 heavy (non-hydrogen) atoms. The van der Waals surface area contributed by atoms with Crippen LogP contribution in [0.1, 0.15) is 13.8 Å². The lowest BCUT2D eigenvalue weighted by Crippen LogP contribution is -2.61. The summed E-state index contributed by atoms with van der Waals surface area (Å²) in [6.45, 7) is 1.87. The molecule has 0 aromatic carbocycles. The minimum Gasteiger partial charge on any atom is -0.465 e. The molecule has 1 saturated heterocycles. The maximum Gasteiger partial charge on any atom is 0.407 e. The molecule has 112 valence electrons. The molecule has 1 aliphatic heterocycles. The van der Waals surface area contributed by atoms with E-state index in [4.69, 9.17) is 5.11 Å². The van der Waals surface area contributed by atoms with Crippen molar-refractivity contribution in [3.8, 4) is 0 Å². The third kappa shape index (κ3) is 3.53. The molecule has 3 atom stereocenters. The molecule has 0 radical (unpaired) electrons. The van der Waals surface area contributed by atoms with Gasteiger partial charge in [-0.2, -0.15) is 0 Å². The zero-order valence-electron chi connectivity index (χ0n) is 10.9. The van der Waals surface area contributed by atoms with E-state index in [9.17, 15) is 22.0 Å². The number of sulfonamides is 1. The van der Waals surface area contributed by atoms with E-state index < -0.39 is 46.5 Å². The Morgan fingerprint density at radius 1 is 1.47 bits per heavy atom. The second-order valence-electron chi connectivity index (χ2n) is 4.98. The summed E-state index contributed by atoms with van der Waals surface area (Å²) in [5.74, 6) is -5.67. The fourth-order valence-corrected chi connectivity index (χ4v) is 2.77. The molecule has 1 amide bonds. The predicted molar refractivity (Wildman–Crippen MR) is 64.6 cm³/mol. The SMILES string of the molecule is CC1C(CNS(C)(=O)=O)C(F)(F)C(C)CN1C(=O)O. The highest BCUT2D eigenvalue weighted by Crippen LogP contribution is 2.40. The van der Waals surface area contributed by atoms with Crippen molar-refractivity contribution in [2.75, 3.05) is 19.3 Å². The minimum absolute atomic E-state index is 0.265. The Morgan fingerprint density at radius 2 is 2.00 bits per heavy atom. The van der Waals surface area contributed by atoms with Gasteiger partial charge in [0.1, 0.15) is 0 Å². The van der Waals surface area contributed by atoms with Crippen LogP contribution in [0.2, 0.25) is 0 Å². The van der Waals surface area contributed by atoms with Gasteiger partial charge in [0.15, 0.2) is 0 Å². The van der Waals surface area contributed by atoms with E-state index in [1.807, 2.05) is 4.72 Å². The van der Waals surface area contributed by atoms with Crippen molar-refractivity contribution in [2.45, 2.75) is 25.8 Å².